The van der Waals surface area contributed by atoms with Crippen molar-refractivity contribution in [2.75, 3.05) is 38.2 Å². The Morgan fingerprint density at radius 1 is 1.27 bits per heavy atom. The smallest absolute Gasteiger partial charge is 0.407 e. The average Bonchev–Trinajstić information content (AvgIpc) is 2.85. The number of fused-ring (bicyclic) bond motifs is 1. The van der Waals surface area contributed by atoms with Gasteiger partial charge in [0.05, 0.1) is 13.2 Å². The summed E-state index contributed by atoms with van der Waals surface area (Å²) in [7, 11) is 1.28. The van der Waals surface area contributed by atoms with Gasteiger partial charge in [0.25, 0.3) is 5.91 Å². The maximum atomic E-state index is 14.1. The first-order valence-corrected chi connectivity index (χ1v) is 13.0. The second kappa shape index (κ2) is 11.4. The Balaban J connectivity index is 2.01. The van der Waals surface area contributed by atoms with Gasteiger partial charge in [0.1, 0.15) is 0 Å². The summed E-state index contributed by atoms with van der Waals surface area (Å²) in [6, 6.07) is 3.49. The van der Waals surface area contributed by atoms with Crippen molar-refractivity contribution < 1.29 is 29.0 Å². The molecule has 2 aliphatic heterocycles. The molecule has 0 radical (unpaired) electrons. The van der Waals surface area contributed by atoms with Gasteiger partial charge in [-0.25, -0.2) is 9.59 Å². The third-order valence-electron chi connectivity index (χ3n) is 7.30. The molecule has 2 heterocycles. The van der Waals surface area contributed by atoms with Gasteiger partial charge in [0, 0.05) is 48.9 Å². The summed E-state index contributed by atoms with van der Waals surface area (Å²) in [6.45, 7) is 10.9. The van der Waals surface area contributed by atoms with Crippen LogP contribution in [-0.4, -0.2) is 84.3 Å². The lowest BCUT2D eigenvalue weighted by molar-refractivity contribution is -0.127. The third kappa shape index (κ3) is 5.99. The van der Waals surface area contributed by atoms with E-state index in [0.29, 0.717) is 37.1 Å². The van der Waals surface area contributed by atoms with Crippen LogP contribution in [0.1, 0.15) is 68.9 Å². The van der Waals surface area contributed by atoms with E-state index in [-0.39, 0.29) is 43.5 Å². The lowest BCUT2D eigenvalue weighted by Crippen LogP contribution is -2.54. The number of nitrogens with zero attached hydrogens (tertiary/aromatic N) is 3. The maximum Gasteiger partial charge on any atom is 0.407 e. The van der Waals surface area contributed by atoms with Crippen LogP contribution in [0.15, 0.2) is 12.1 Å². The van der Waals surface area contributed by atoms with E-state index in [9.17, 15) is 24.3 Å². The Morgan fingerprint density at radius 3 is 2.57 bits per heavy atom. The van der Waals surface area contributed by atoms with Gasteiger partial charge in [0.15, 0.2) is 0 Å². The van der Waals surface area contributed by atoms with Crippen LogP contribution >= 0.6 is 0 Å². The van der Waals surface area contributed by atoms with Crippen molar-refractivity contribution >= 4 is 29.7 Å². The minimum absolute atomic E-state index is 0.0700. The zero-order valence-electron chi connectivity index (χ0n) is 22.8. The van der Waals surface area contributed by atoms with Crippen molar-refractivity contribution in [3.8, 4) is 0 Å². The first-order valence-electron chi connectivity index (χ1n) is 13.0. The average molecular weight is 517 g/mol. The van der Waals surface area contributed by atoms with Gasteiger partial charge in [-0.1, -0.05) is 26.8 Å². The monoisotopic (exact) mass is 516 g/mol. The molecule has 37 heavy (non-hydrogen) atoms. The second-order valence-electron chi connectivity index (χ2n) is 10.8. The third-order valence-corrected chi connectivity index (χ3v) is 7.30. The van der Waals surface area contributed by atoms with E-state index in [1.54, 1.807) is 9.80 Å². The van der Waals surface area contributed by atoms with E-state index in [1.165, 1.54) is 12.0 Å². The van der Waals surface area contributed by atoms with E-state index < -0.39 is 17.6 Å². The summed E-state index contributed by atoms with van der Waals surface area (Å²) in [5.74, 6) is -0.226. The zero-order valence-corrected chi connectivity index (χ0v) is 22.8. The molecule has 0 unspecified atom stereocenters. The van der Waals surface area contributed by atoms with Crippen molar-refractivity contribution in [1.82, 2.24) is 15.1 Å². The molecule has 0 bridgehead atoms. The number of nitrogens with one attached hydrogen (secondary N) is 1. The standard InChI is InChI=1S/C27H40N4O6/c1-7-18-13-19-15-27(4,5)24(33)30(12-10-28-25(34)37-6)22(19)14-21(18)23(32)31(17(2)3)20-9-8-11-29(16-20)26(35)36/h13-14,17,20H,7-12,15-16H2,1-6H3,(H,28,34)(H,35,36)/t20-/m1/s1. The topological polar surface area (TPSA) is 119 Å². The minimum Gasteiger partial charge on any atom is -0.465 e. The number of benzene rings is 1. The second-order valence-corrected chi connectivity index (χ2v) is 10.8. The lowest BCUT2D eigenvalue weighted by atomic mass is 9.79. The highest BCUT2D eigenvalue weighted by molar-refractivity contribution is 6.03. The molecule has 1 fully saturated rings. The molecule has 204 valence electrons. The van der Waals surface area contributed by atoms with Crippen LogP contribution in [0.3, 0.4) is 0 Å². The number of carboxylic acid groups (broad SMARTS) is 1. The number of aryl methyl sites for hydroxylation is 1. The highest BCUT2D eigenvalue weighted by atomic mass is 16.5. The molecule has 0 saturated carbocycles. The summed E-state index contributed by atoms with van der Waals surface area (Å²) >= 11 is 0. The van der Waals surface area contributed by atoms with Crippen LogP contribution in [0.5, 0.6) is 0 Å². The van der Waals surface area contributed by atoms with Gasteiger partial charge in [0.2, 0.25) is 5.91 Å². The molecule has 3 rings (SSSR count). The van der Waals surface area contributed by atoms with Crippen molar-refractivity contribution in [3.05, 3.63) is 28.8 Å². The largest absolute Gasteiger partial charge is 0.465 e. The summed E-state index contributed by atoms with van der Waals surface area (Å²) in [5.41, 5.74) is 2.47. The van der Waals surface area contributed by atoms with Crippen LogP contribution in [0.2, 0.25) is 0 Å². The number of anilines is 1. The van der Waals surface area contributed by atoms with Crippen LogP contribution in [0.4, 0.5) is 15.3 Å². The first-order chi connectivity index (χ1) is 17.4. The molecule has 0 aliphatic carbocycles. The van der Waals surface area contributed by atoms with Crippen LogP contribution < -0.4 is 10.2 Å². The number of alkyl carbamates (subject to hydrolysis) is 1. The number of likely N-dealkylation sites (tertiary alicyclic amines) is 1. The molecule has 4 amide bonds. The number of rotatable bonds is 7. The number of amides is 4. The van der Waals surface area contributed by atoms with E-state index in [2.05, 4.69) is 10.1 Å². The van der Waals surface area contributed by atoms with Gasteiger partial charge in [-0.2, -0.15) is 0 Å². The molecular formula is C27H40N4O6. The Hall–Kier alpha value is -3.30. The molecule has 2 aliphatic rings. The fourth-order valence-corrected chi connectivity index (χ4v) is 5.48. The van der Waals surface area contributed by atoms with Crippen LogP contribution in [-0.2, 0) is 22.4 Å². The Morgan fingerprint density at radius 2 is 1.97 bits per heavy atom. The van der Waals surface area contributed by atoms with Gasteiger partial charge in [-0.3, -0.25) is 9.59 Å². The number of carbonyl (C=O) groups excluding carboxylic acids is 3. The predicted molar refractivity (Wildman–Crippen MR) is 140 cm³/mol. The number of methoxy groups -OCH3 is 1. The summed E-state index contributed by atoms with van der Waals surface area (Å²) in [5, 5.41) is 12.1. The van der Waals surface area contributed by atoms with Crippen molar-refractivity contribution in [3.63, 3.8) is 0 Å². The Bertz CT molecular complexity index is 1050. The molecule has 1 saturated heterocycles. The predicted octanol–water partition coefficient (Wildman–Crippen LogP) is 3.51. The minimum atomic E-state index is -0.971. The van der Waals surface area contributed by atoms with E-state index >= 15 is 0 Å². The molecule has 1 aromatic carbocycles. The Kier molecular flexibility index (Phi) is 8.71. The SMILES string of the molecule is CCc1cc2c(cc1C(=O)N(C(C)C)[C@@H]1CCCN(C(=O)O)C1)N(CCNC(=O)OC)C(=O)C(C)(C)C2. The van der Waals surface area contributed by atoms with Gasteiger partial charge in [-0.15, -0.1) is 0 Å². The molecule has 10 heteroatoms. The number of hydrogen-bond acceptors (Lipinski definition) is 5. The van der Waals surface area contributed by atoms with Crippen molar-refractivity contribution in [2.45, 2.75) is 72.4 Å². The normalized spacial score (nSPS) is 18.9. The number of hydrogen-bond donors (Lipinski definition) is 2. The number of piperidine rings is 1. The van der Waals surface area contributed by atoms with E-state index in [1.807, 2.05) is 46.8 Å². The first kappa shape index (κ1) is 28.3. The number of ether oxygens (including phenoxy) is 1. The maximum absolute atomic E-state index is 14.1. The van der Waals surface area contributed by atoms with Gasteiger partial charge >= 0.3 is 12.2 Å². The van der Waals surface area contributed by atoms with Crippen LogP contribution in [0.25, 0.3) is 0 Å². The van der Waals surface area contributed by atoms with Crippen molar-refractivity contribution in [2.24, 2.45) is 5.41 Å². The molecule has 1 aromatic rings. The molecule has 0 spiro atoms. The highest BCUT2D eigenvalue weighted by Gasteiger charge is 2.40. The summed E-state index contributed by atoms with van der Waals surface area (Å²) in [4.78, 5) is 55.5. The van der Waals surface area contributed by atoms with E-state index in [4.69, 9.17) is 0 Å². The van der Waals surface area contributed by atoms with Gasteiger partial charge in [-0.05, 0) is 56.7 Å². The molecule has 2 N–H and O–H groups in total. The lowest BCUT2D eigenvalue weighted by Gasteiger charge is -2.42. The quantitative estimate of drug-likeness (QED) is 0.572. The molecule has 0 aromatic heterocycles. The van der Waals surface area contributed by atoms with E-state index in [0.717, 1.165) is 17.5 Å². The summed E-state index contributed by atoms with van der Waals surface area (Å²) in [6.07, 6.45) is 1.08. The molecule has 1 atom stereocenters. The zero-order chi connectivity index (χ0) is 27.5. The fourth-order valence-electron chi connectivity index (χ4n) is 5.48. The molecular weight excluding hydrogens is 476 g/mol. The van der Waals surface area contributed by atoms with Crippen molar-refractivity contribution in [1.29, 1.82) is 0 Å². The fraction of sp³-hybridized carbons (Fsp3) is 0.630. The highest BCUT2D eigenvalue weighted by Crippen LogP contribution is 2.39. The molecule has 10 nitrogen and oxygen atoms in total. The van der Waals surface area contributed by atoms with Crippen LogP contribution in [0, 0.1) is 5.41 Å². The van der Waals surface area contributed by atoms with Gasteiger partial charge < -0.3 is 29.9 Å². The number of carbonyl (C=O) groups is 4. The summed E-state index contributed by atoms with van der Waals surface area (Å²) < 4.78 is 4.64. The Labute approximate surface area is 218 Å².